The lowest BCUT2D eigenvalue weighted by Crippen LogP contribution is -2.54. The van der Waals surface area contributed by atoms with E-state index >= 15 is 0 Å². The second-order valence-electron chi connectivity index (χ2n) is 5.28. The highest BCUT2D eigenvalue weighted by Gasteiger charge is 2.48. The van der Waals surface area contributed by atoms with Crippen LogP contribution in [0, 0.1) is 0 Å². The number of aromatic nitrogens is 1. The summed E-state index contributed by atoms with van der Waals surface area (Å²) < 4.78 is 21.1. The number of nitrogens with zero attached hydrogens (tertiary/aromatic N) is 1. The molecule has 27 heavy (non-hydrogen) atoms. The molecule has 1 aliphatic rings. The fraction of sp³-hybridized carbons (Fsp3) is 0.462. The van der Waals surface area contributed by atoms with Crippen LogP contribution in [-0.2, 0) is 18.6 Å². The third-order valence-corrected chi connectivity index (χ3v) is 3.78. The minimum absolute atomic E-state index is 0.0278. The second kappa shape index (κ2) is 9.82. The Morgan fingerprint density at radius 2 is 1.96 bits per heavy atom. The summed E-state index contributed by atoms with van der Waals surface area (Å²) in [5.41, 5.74) is 2.91. The van der Waals surface area contributed by atoms with Crippen LogP contribution in [0.15, 0.2) is 24.5 Å². The molecule has 13 nitrogen and oxygen atoms in total. The fourth-order valence-electron chi connectivity index (χ4n) is 2.05. The quantitative estimate of drug-likeness (QED) is 0.220. The van der Waals surface area contributed by atoms with E-state index in [9.17, 15) is 34.4 Å². The van der Waals surface area contributed by atoms with Gasteiger partial charge in [-0.3, -0.25) is 4.57 Å². The molecule has 1 aliphatic heterocycles. The van der Waals surface area contributed by atoms with Crippen LogP contribution in [0.4, 0.5) is 0 Å². The molecule has 0 aliphatic carbocycles. The first kappa shape index (κ1) is 23.1. The summed E-state index contributed by atoms with van der Waals surface area (Å²) in [6.07, 6.45) is -2.82. The van der Waals surface area contributed by atoms with Gasteiger partial charge in [0.05, 0.1) is 18.1 Å². The van der Waals surface area contributed by atoms with Crippen molar-refractivity contribution >= 4 is 19.8 Å². The third-order valence-electron chi connectivity index (χ3n) is 3.30. The molecule has 7 N–H and O–H groups in total. The van der Waals surface area contributed by atoms with Crippen LogP contribution >= 0.6 is 7.82 Å². The highest BCUT2D eigenvalue weighted by Crippen LogP contribution is 2.33. The molecule has 0 radical (unpaired) electrons. The number of rotatable bonds is 6. The number of aromatic carboxylic acids is 1. The van der Waals surface area contributed by atoms with Crippen molar-refractivity contribution in [3.8, 4) is 0 Å². The van der Waals surface area contributed by atoms with Crippen molar-refractivity contribution in [1.82, 2.24) is 0 Å². The zero-order chi connectivity index (χ0) is 20.8. The molecule has 1 fully saturated rings. The third kappa shape index (κ3) is 7.28. The molecule has 1 saturated heterocycles. The molecule has 2 heterocycles. The van der Waals surface area contributed by atoms with E-state index in [0.29, 0.717) is 0 Å². The van der Waals surface area contributed by atoms with Crippen molar-refractivity contribution < 1.29 is 63.9 Å². The topological polar surface area (TPSA) is 228 Å². The second-order valence-corrected chi connectivity index (χ2v) is 6.48. The van der Waals surface area contributed by atoms with Gasteiger partial charge >= 0.3 is 5.97 Å². The number of quaternary nitrogens is 1. The molecule has 2 rings (SSSR count). The van der Waals surface area contributed by atoms with Crippen LogP contribution in [-0.4, -0.2) is 63.6 Å². The number of hydrogen-bond acceptors (Lipinski definition) is 9. The zero-order valence-corrected chi connectivity index (χ0v) is 14.7. The summed E-state index contributed by atoms with van der Waals surface area (Å²) in [4.78, 5) is 39.1. The van der Waals surface area contributed by atoms with Crippen LogP contribution in [0.3, 0.4) is 0 Å². The largest absolute Gasteiger partial charge is 0.756 e. The highest BCUT2D eigenvalue weighted by molar-refractivity contribution is 7.44. The summed E-state index contributed by atoms with van der Waals surface area (Å²) in [7, 11) is -4.99. The van der Waals surface area contributed by atoms with Gasteiger partial charge in [0.15, 0.2) is 25.0 Å². The number of phosphoric ester groups is 1. The van der Waals surface area contributed by atoms with Gasteiger partial charge in [-0.15, -0.1) is 0 Å². The van der Waals surface area contributed by atoms with Gasteiger partial charge in [-0.05, 0) is 6.07 Å². The first-order chi connectivity index (χ1) is 12.5. The molecule has 1 aromatic heterocycles. The minimum atomic E-state index is -4.99. The number of ether oxygens (including phenoxy) is 1. The maximum Gasteiger partial charge on any atom is 0.359 e. The minimum Gasteiger partial charge on any atom is -0.756 e. The van der Waals surface area contributed by atoms with Gasteiger partial charge in [-0.25, -0.2) is 4.79 Å². The number of phosphoric acid groups is 1. The lowest BCUT2D eigenvalue weighted by molar-refractivity contribution is -0.765. The van der Waals surface area contributed by atoms with Crippen molar-refractivity contribution in [2.45, 2.75) is 24.5 Å². The smallest absolute Gasteiger partial charge is 0.359 e. The first-order valence-electron chi connectivity index (χ1n) is 7.39. The van der Waals surface area contributed by atoms with E-state index < -0.39 is 50.9 Å². The maximum atomic E-state index is 10.8. The Morgan fingerprint density at radius 3 is 2.44 bits per heavy atom. The lowest BCUT2D eigenvalue weighted by atomic mass is 10.1. The Hall–Kier alpha value is -1.96. The molecular weight excluding hydrogens is 391 g/mol. The van der Waals surface area contributed by atoms with Crippen LogP contribution in [0.25, 0.3) is 0 Å². The molecular formula is C13H19N2O11P. The number of carbonyl (C=O) groups is 2. The molecule has 5 atom stereocenters. The van der Waals surface area contributed by atoms with Crippen LogP contribution in [0.1, 0.15) is 16.6 Å². The van der Waals surface area contributed by atoms with Gasteiger partial charge in [0.1, 0.15) is 12.2 Å². The van der Waals surface area contributed by atoms with E-state index in [4.69, 9.17) is 14.7 Å². The standard InChI is InChI=1S/C11H14NO9P.C2H5NO2/c13-8-7(5-20-22(17,18)19)21-10(9(8)14)12-3-1-2-6(4-12)11(15)16;3-1-2(4)5/h1-4,7-10,13-14H,5H2,(H2-,15,16,17,18,19);1,3H2,(H,4,5)/t7-,8-,9-,10-;/m1./s1. The molecule has 0 aromatic carbocycles. The van der Waals surface area contributed by atoms with Gasteiger partial charge in [0.25, 0.3) is 14.1 Å². The van der Waals surface area contributed by atoms with E-state index in [2.05, 4.69) is 10.3 Å². The Balaban J connectivity index is 0.000000646. The average molecular weight is 410 g/mol. The Kier molecular flexibility index (Phi) is 8.40. The number of carboxylic acid groups (broad SMARTS) is 2. The molecule has 14 heteroatoms. The Labute approximate surface area is 152 Å². The van der Waals surface area contributed by atoms with Crippen molar-refractivity contribution in [3.63, 3.8) is 0 Å². The molecule has 0 bridgehead atoms. The summed E-state index contributed by atoms with van der Waals surface area (Å²) in [6.45, 7) is -0.729. The first-order valence-corrected chi connectivity index (χ1v) is 8.89. The average Bonchev–Trinajstić information content (AvgIpc) is 2.88. The van der Waals surface area contributed by atoms with Gasteiger partial charge < -0.3 is 50.0 Å². The molecule has 1 aromatic rings. The van der Waals surface area contributed by atoms with Gasteiger partial charge in [-0.1, -0.05) is 0 Å². The lowest BCUT2D eigenvalue weighted by Gasteiger charge is -2.19. The van der Waals surface area contributed by atoms with Gasteiger partial charge in [0.2, 0.25) is 0 Å². The fourth-order valence-corrected chi connectivity index (χ4v) is 2.39. The van der Waals surface area contributed by atoms with E-state index in [1.165, 1.54) is 22.9 Å². The Morgan fingerprint density at radius 1 is 1.37 bits per heavy atom. The molecule has 0 spiro atoms. The van der Waals surface area contributed by atoms with Crippen LogP contribution in [0.5, 0.6) is 0 Å². The summed E-state index contributed by atoms with van der Waals surface area (Å²) in [5.74, 6) is -2.29. The van der Waals surface area contributed by atoms with E-state index in [-0.39, 0.29) is 12.1 Å². The van der Waals surface area contributed by atoms with Crippen LogP contribution in [0.2, 0.25) is 0 Å². The number of carboxylic acids is 2. The van der Waals surface area contributed by atoms with Crippen molar-refractivity contribution in [1.29, 1.82) is 0 Å². The predicted molar refractivity (Wildman–Crippen MR) is 78.1 cm³/mol. The SMILES string of the molecule is O=C([O-])c1ccc[n+]([C@@H]2O[C@H](COP(=O)([O-])O)[C@@H](O)[C@H]2O)c1.[NH3+]CC(=O)O. The molecule has 0 amide bonds. The van der Waals surface area contributed by atoms with Crippen molar-refractivity contribution in [3.05, 3.63) is 30.1 Å². The molecule has 0 saturated carbocycles. The van der Waals surface area contributed by atoms with Crippen LogP contribution < -0.4 is 20.3 Å². The number of carbonyl (C=O) groups excluding carboxylic acids is 1. The van der Waals surface area contributed by atoms with Crippen molar-refractivity contribution in [2.75, 3.05) is 13.2 Å². The van der Waals surface area contributed by atoms with E-state index in [0.717, 1.165) is 6.20 Å². The number of aliphatic hydroxyl groups is 2. The zero-order valence-electron chi connectivity index (χ0n) is 13.8. The summed E-state index contributed by atoms with van der Waals surface area (Å²) in [5, 5.41) is 38.2. The van der Waals surface area contributed by atoms with Gasteiger partial charge in [-0.2, -0.15) is 4.57 Å². The predicted octanol–water partition coefficient (Wildman–Crippen LogP) is -5.25. The Bertz CT molecular complexity index is 709. The number of pyridine rings is 1. The normalized spacial score (nSPS) is 26.6. The maximum absolute atomic E-state index is 10.8. The summed E-state index contributed by atoms with van der Waals surface area (Å²) in [6, 6.07) is 2.64. The highest BCUT2D eigenvalue weighted by atomic mass is 31.2. The van der Waals surface area contributed by atoms with E-state index in [1.807, 2.05) is 0 Å². The van der Waals surface area contributed by atoms with Crippen molar-refractivity contribution in [2.24, 2.45) is 0 Å². The molecule has 1 unspecified atom stereocenters. The summed E-state index contributed by atoms with van der Waals surface area (Å²) >= 11 is 0. The monoisotopic (exact) mass is 410 g/mol. The van der Waals surface area contributed by atoms with Gasteiger partial charge in [0, 0.05) is 6.07 Å². The number of hydrogen-bond donors (Lipinski definition) is 5. The molecule has 152 valence electrons. The van der Waals surface area contributed by atoms with E-state index in [1.54, 1.807) is 0 Å². The number of aliphatic carboxylic acids is 1. The number of aliphatic hydroxyl groups excluding tert-OH is 2.